The van der Waals surface area contributed by atoms with E-state index in [1.807, 2.05) is 30.3 Å². The molecule has 0 unspecified atom stereocenters. The number of nitrogens with zero attached hydrogens (tertiary/aromatic N) is 1. The van der Waals surface area contributed by atoms with Gasteiger partial charge in [0.15, 0.2) is 0 Å². The third-order valence-corrected chi connectivity index (χ3v) is 4.03. The fraction of sp³-hybridized carbons (Fsp3) is 0.375. The van der Waals surface area contributed by atoms with E-state index in [-0.39, 0.29) is 6.61 Å². The molecule has 1 fully saturated rings. The molecule has 0 bridgehead atoms. The highest BCUT2D eigenvalue weighted by molar-refractivity contribution is 6.30. The van der Waals surface area contributed by atoms with Crippen molar-refractivity contribution in [3.8, 4) is 0 Å². The molecular formula is C16H19ClN2O2. The Hall–Kier alpha value is -1.49. The highest BCUT2D eigenvalue weighted by Gasteiger charge is 2.22. The molecule has 1 aliphatic rings. The lowest BCUT2D eigenvalue weighted by molar-refractivity contribution is 0.242. The van der Waals surface area contributed by atoms with E-state index in [2.05, 4.69) is 16.3 Å². The minimum absolute atomic E-state index is 0.0496. The van der Waals surface area contributed by atoms with Crippen LogP contribution < -0.4 is 10.2 Å². The number of anilines is 1. The first-order valence-corrected chi connectivity index (χ1v) is 7.55. The van der Waals surface area contributed by atoms with E-state index in [1.165, 1.54) is 5.69 Å². The summed E-state index contributed by atoms with van der Waals surface area (Å²) in [5.41, 5.74) is 1.17. The van der Waals surface area contributed by atoms with E-state index < -0.39 is 0 Å². The molecule has 5 heteroatoms. The second kappa shape index (κ2) is 6.52. The molecule has 1 aromatic carbocycles. The van der Waals surface area contributed by atoms with Crippen LogP contribution in [0.3, 0.4) is 0 Å². The van der Waals surface area contributed by atoms with Crippen molar-refractivity contribution >= 4 is 17.3 Å². The number of halogens is 1. The molecule has 0 spiro atoms. The van der Waals surface area contributed by atoms with Crippen molar-refractivity contribution in [3.63, 3.8) is 0 Å². The van der Waals surface area contributed by atoms with E-state index in [1.54, 1.807) is 0 Å². The van der Waals surface area contributed by atoms with Gasteiger partial charge in [0, 0.05) is 29.8 Å². The Morgan fingerprint density at radius 1 is 1.29 bits per heavy atom. The third kappa shape index (κ3) is 3.59. The molecule has 0 saturated carbocycles. The molecule has 2 aromatic rings. The van der Waals surface area contributed by atoms with Crippen LogP contribution in [0.15, 0.2) is 40.8 Å². The molecule has 1 saturated heterocycles. The number of aliphatic hydroxyl groups excluding tert-OH is 1. The van der Waals surface area contributed by atoms with E-state index in [4.69, 9.17) is 21.1 Å². The highest BCUT2D eigenvalue weighted by atomic mass is 35.5. The van der Waals surface area contributed by atoms with E-state index >= 15 is 0 Å². The maximum Gasteiger partial charge on any atom is 0.129 e. The summed E-state index contributed by atoms with van der Waals surface area (Å²) < 4.78 is 5.48. The number of nitrogens with one attached hydrogen (secondary N) is 1. The number of benzene rings is 1. The Morgan fingerprint density at radius 2 is 2.14 bits per heavy atom. The molecule has 4 nitrogen and oxygen atoms in total. The first-order chi connectivity index (χ1) is 10.2. The van der Waals surface area contributed by atoms with E-state index in [9.17, 15) is 0 Å². The minimum Gasteiger partial charge on any atom is -0.462 e. The maximum atomic E-state index is 8.98. The van der Waals surface area contributed by atoms with Crippen molar-refractivity contribution in [1.82, 2.24) is 5.32 Å². The SMILES string of the molecule is OCc1ccc(CN[C@@H]2CCN(c3cccc(Cl)c3)C2)o1. The third-order valence-electron chi connectivity index (χ3n) is 3.80. The molecule has 1 aliphatic heterocycles. The lowest BCUT2D eigenvalue weighted by Crippen LogP contribution is -2.31. The van der Waals surface area contributed by atoms with Crippen LogP contribution in [0.5, 0.6) is 0 Å². The van der Waals surface area contributed by atoms with Gasteiger partial charge in [-0.1, -0.05) is 17.7 Å². The van der Waals surface area contributed by atoms with Crippen molar-refractivity contribution in [2.75, 3.05) is 18.0 Å². The average Bonchev–Trinajstić information content (AvgIpc) is 3.14. The normalized spacial score (nSPS) is 18.4. The molecule has 2 N–H and O–H groups in total. The Morgan fingerprint density at radius 3 is 2.90 bits per heavy atom. The van der Waals surface area contributed by atoms with Crippen LogP contribution >= 0.6 is 11.6 Å². The minimum atomic E-state index is -0.0496. The summed E-state index contributed by atoms with van der Waals surface area (Å²) in [5.74, 6) is 1.47. The summed E-state index contributed by atoms with van der Waals surface area (Å²) in [7, 11) is 0. The predicted molar refractivity (Wildman–Crippen MR) is 83.5 cm³/mol. The molecule has 112 valence electrons. The Kier molecular flexibility index (Phi) is 4.48. The smallest absolute Gasteiger partial charge is 0.129 e. The fourth-order valence-electron chi connectivity index (χ4n) is 2.68. The van der Waals surface area contributed by atoms with Crippen LogP contribution in [0.25, 0.3) is 0 Å². The monoisotopic (exact) mass is 306 g/mol. The number of rotatable bonds is 5. The largest absolute Gasteiger partial charge is 0.462 e. The van der Waals surface area contributed by atoms with Crippen LogP contribution in [0, 0.1) is 0 Å². The topological polar surface area (TPSA) is 48.6 Å². The van der Waals surface area contributed by atoms with Gasteiger partial charge in [0.1, 0.15) is 18.1 Å². The van der Waals surface area contributed by atoms with Gasteiger partial charge in [-0.3, -0.25) is 0 Å². The van der Waals surface area contributed by atoms with Crippen LogP contribution in [-0.2, 0) is 13.2 Å². The summed E-state index contributed by atoms with van der Waals surface area (Å²) in [6.45, 7) is 2.63. The number of aliphatic hydroxyl groups is 1. The van der Waals surface area contributed by atoms with E-state index in [0.717, 1.165) is 30.3 Å². The zero-order chi connectivity index (χ0) is 14.7. The molecule has 21 heavy (non-hydrogen) atoms. The molecule has 1 atom stereocenters. The summed E-state index contributed by atoms with van der Waals surface area (Å²) in [4.78, 5) is 2.34. The second-order valence-corrected chi connectivity index (χ2v) is 5.75. The van der Waals surface area contributed by atoms with Crippen molar-refractivity contribution in [2.24, 2.45) is 0 Å². The summed E-state index contributed by atoms with van der Waals surface area (Å²) in [5, 5.41) is 13.3. The van der Waals surface area contributed by atoms with E-state index in [0.29, 0.717) is 18.3 Å². The quantitative estimate of drug-likeness (QED) is 0.892. The Bertz CT molecular complexity index is 599. The van der Waals surface area contributed by atoms with Gasteiger partial charge >= 0.3 is 0 Å². The van der Waals surface area contributed by atoms with Crippen LogP contribution in [-0.4, -0.2) is 24.2 Å². The van der Waals surface area contributed by atoms with Crippen molar-refractivity contribution in [2.45, 2.75) is 25.6 Å². The summed E-state index contributed by atoms with van der Waals surface area (Å²) in [6.07, 6.45) is 1.10. The Balaban J connectivity index is 1.52. The van der Waals surface area contributed by atoms with Crippen molar-refractivity contribution in [1.29, 1.82) is 0 Å². The van der Waals surface area contributed by atoms with Crippen molar-refractivity contribution in [3.05, 3.63) is 52.9 Å². The molecule has 2 heterocycles. The summed E-state index contributed by atoms with van der Waals surface area (Å²) >= 11 is 6.04. The van der Waals surface area contributed by atoms with Gasteiger partial charge < -0.3 is 19.7 Å². The first-order valence-electron chi connectivity index (χ1n) is 7.17. The zero-order valence-corrected chi connectivity index (χ0v) is 12.5. The standard InChI is InChI=1S/C16H19ClN2O2/c17-12-2-1-3-14(8-12)19-7-6-13(10-19)18-9-15-4-5-16(11-20)21-15/h1-5,8,13,18,20H,6-7,9-11H2/t13-/m1/s1. The van der Waals surface area contributed by atoms with Crippen LogP contribution in [0.1, 0.15) is 17.9 Å². The lowest BCUT2D eigenvalue weighted by atomic mass is 10.2. The van der Waals surface area contributed by atoms with Gasteiger partial charge in [-0.15, -0.1) is 0 Å². The molecule has 1 aromatic heterocycles. The van der Waals surface area contributed by atoms with Crippen molar-refractivity contribution < 1.29 is 9.52 Å². The van der Waals surface area contributed by atoms with Crippen LogP contribution in [0.2, 0.25) is 5.02 Å². The number of furan rings is 1. The average molecular weight is 307 g/mol. The first kappa shape index (κ1) is 14.4. The lowest BCUT2D eigenvalue weighted by Gasteiger charge is -2.19. The van der Waals surface area contributed by atoms with Gasteiger partial charge in [0.05, 0.1) is 6.54 Å². The summed E-state index contributed by atoms with van der Waals surface area (Å²) in [6, 6.07) is 12.1. The van der Waals surface area contributed by atoms with Gasteiger partial charge in [-0.05, 0) is 36.8 Å². The molecule has 0 radical (unpaired) electrons. The van der Waals surface area contributed by atoms with Gasteiger partial charge in [-0.2, -0.15) is 0 Å². The number of hydrogen-bond donors (Lipinski definition) is 2. The molecular weight excluding hydrogens is 288 g/mol. The highest BCUT2D eigenvalue weighted by Crippen LogP contribution is 2.23. The zero-order valence-electron chi connectivity index (χ0n) is 11.8. The Labute approximate surface area is 129 Å². The maximum absolute atomic E-state index is 8.98. The van der Waals surface area contributed by atoms with Gasteiger partial charge in [0.2, 0.25) is 0 Å². The molecule has 0 amide bonds. The molecule has 3 rings (SSSR count). The fourth-order valence-corrected chi connectivity index (χ4v) is 2.87. The van der Waals surface area contributed by atoms with Crippen LogP contribution in [0.4, 0.5) is 5.69 Å². The van der Waals surface area contributed by atoms with Gasteiger partial charge in [-0.25, -0.2) is 0 Å². The predicted octanol–water partition coefficient (Wildman–Crippen LogP) is 2.79. The van der Waals surface area contributed by atoms with Gasteiger partial charge in [0.25, 0.3) is 0 Å². The second-order valence-electron chi connectivity index (χ2n) is 5.32. The molecule has 0 aliphatic carbocycles. The number of hydrogen-bond acceptors (Lipinski definition) is 4.